The van der Waals surface area contributed by atoms with Gasteiger partial charge < -0.3 is 19.3 Å². The highest BCUT2D eigenvalue weighted by atomic mass is 19.4. The van der Waals surface area contributed by atoms with Crippen molar-refractivity contribution in [2.45, 2.75) is 26.2 Å². The fourth-order valence-electron chi connectivity index (χ4n) is 4.66. The molecular weight excluding hydrogens is 569 g/mol. The number of alkyl halides is 3. The lowest BCUT2D eigenvalue weighted by atomic mass is 10.2. The molecule has 4 aromatic rings. The number of carbonyl (C=O) groups is 1. The van der Waals surface area contributed by atoms with E-state index in [-0.39, 0.29) is 24.0 Å². The number of aryl methyl sites for hydroxylation is 1. The standard InChI is InChI=1S/C28H29F3N8O4/c1-19-25-23(17-34-39(26(25)41)18-20-3-5-22(42-2)6-4-20)38(35-19)12-14-43-13-7-24(40)36-8-10-37(11-9-36)27-32-15-21(16-33-27)28(29,30)31/h3-7,13,15-17H,8-12,14,18H2,1-2H3/b13-7+. The Labute approximate surface area is 244 Å². The van der Waals surface area contributed by atoms with Crippen LogP contribution in [0.3, 0.4) is 0 Å². The monoisotopic (exact) mass is 598 g/mol. The second-order valence-corrected chi connectivity index (χ2v) is 9.78. The molecule has 1 aliphatic heterocycles. The van der Waals surface area contributed by atoms with Crippen molar-refractivity contribution in [3.05, 3.63) is 82.4 Å². The predicted molar refractivity (Wildman–Crippen MR) is 150 cm³/mol. The second kappa shape index (κ2) is 12.5. The van der Waals surface area contributed by atoms with E-state index in [2.05, 4.69) is 20.2 Å². The van der Waals surface area contributed by atoms with E-state index < -0.39 is 11.7 Å². The molecule has 1 amide bonds. The molecule has 0 spiro atoms. The van der Waals surface area contributed by atoms with Crippen LogP contribution in [-0.2, 0) is 28.8 Å². The molecule has 15 heteroatoms. The molecule has 1 aromatic carbocycles. The van der Waals surface area contributed by atoms with Gasteiger partial charge in [-0.3, -0.25) is 14.3 Å². The minimum absolute atomic E-state index is 0.187. The van der Waals surface area contributed by atoms with Crippen molar-refractivity contribution in [2.24, 2.45) is 0 Å². The highest BCUT2D eigenvalue weighted by molar-refractivity contribution is 5.87. The SMILES string of the molecule is COc1ccc(Cn2ncc3c(c(C)nn3CCO/C=C/C(=O)N3CCN(c4ncc(C(F)(F)F)cn4)CC3)c2=O)cc1. The molecule has 4 heterocycles. The van der Waals surface area contributed by atoms with Crippen molar-refractivity contribution in [1.29, 1.82) is 0 Å². The number of hydrogen-bond donors (Lipinski definition) is 0. The van der Waals surface area contributed by atoms with Crippen LogP contribution in [0.15, 0.2) is 60.0 Å². The average Bonchev–Trinajstić information content (AvgIpc) is 3.33. The highest BCUT2D eigenvalue weighted by Gasteiger charge is 2.32. The molecule has 5 rings (SSSR count). The maximum absolute atomic E-state index is 13.1. The number of carbonyl (C=O) groups excluding carboxylic acids is 1. The number of fused-ring (bicyclic) bond motifs is 1. The van der Waals surface area contributed by atoms with Crippen LogP contribution in [0.4, 0.5) is 19.1 Å². The van der Waals surface area contributed by atoms with Gasteiger partial charge in [0.25, 0.3) is 5.56 Å². The second-order valence-electron chi connectivity index (χ2n) is 9.78. The zero-order valence-electron chi connectivity index (χ0n) is 23.5. The van der Waals surface area contributed by atoms with E-state index in [4.69, 9.17) is 9.47 Å². The summed E-state index contributed by atoms with van der Waals surface area (Å²) >= 11 is 0. The van der Waals surface area contributed by atoms with Crippen LogP contribution in [0.2, 0.25) is 0 Å². The fraction of sp³-hybridized carbons (Fsp3) is 0.357. The summed E-state index contributed by atoms with van der Waals surface area (Å²) in [7, 11) is 1.59. The Bertz CT molecular complexity index is 1660. The van der Waals surface area contributed by atoms with Crippen molar-refractivity contribution in [3.8, 4) is 5.75 Å². The van der Waals surface area contributed by atoms with E-state index in [0.717, 1.165) is 23.7 Å². The molecule has 0 N–H and O–H groups in total. The zero-order chi connectivity index (χ0) is 30.6. The number of benzene rings is 1. The Balaban J connectivity index is 1.11. The average molecular weight is 599 g/mol. The van der Waals surface area contributed by atoms with Gasteiger partial charge in [-0.2, -0.15) is 23.4 Å². The number of piperazine rings is 1. The minimum Gasteiger partial charge on any atom is -0.499 e. The number of rotatable bonds is 9. The van der Waals surface area contributed by atoms with E-state index in [1.54, 1.807) is 34.7 Å². The number of ether oxygens (including phenoxy) is 2. The van der Waals surface area contributed by atoms with Gasteiger partial charge in [-0.1, -0.05) is 12.1 Å². The van der Waals surface area contributed by atoms with Gasteiger partial charge in [-0.25, -0.2) is 14.6 Å². The first-order valence-corrected chi connectivity index (χ1v) is 13.4. The summed E-state index contributed by atoms with van der Waals surface area (Å²) in [5, 5.41) is 9.28. The van der Waals surface area contributed by atoms with Crippen molar-refractivity contribution in [2.75, 3.05) is 44.8 Å². The Morgan fingerprint density at radius 3 is 2.37 bits per heavy atom. The molecule has 0 aliphatic carbocycles. The Kier molecular flexibility index (Phi) is 8.59. The lowest BCUT2D eigenvalue weighted by Crippen LogP contribution is -2.48. The van der Waals surface area contributed by atoms with Crippen molar-refractivity contribution >= 4 is 22.8 Å². The molecule has 0 radical (unpaired) electrons. The Morgan fingerprint density at radius 2 is 1.72 bits per heavy atom. The van der Waals surface area contributed by atoms with Crippen molar-refractivity contribution < 1.29 is 27.4 Å². The number of halogens is 3. The van der Waals surface area contributed by atoms with E-state index >= 15 is 0 Å². The summed E-state index contributed by atoms with van der Waals surface area (Å²) < 4.78 is 51.9. The van der Waals surface area contributed by atoms with Crippen LogP contribution in [0, 0.1) is 6.92 Å². The van der Waals surface area contributed by atoms with Crippen LogP contribution < -0.4 is 15.2 Å². The summed E-state index contributed by atoms with van der Waals surface area (Å²) in [5.74, 6) is 0.660. The fourth-order valence-corrected chi connectivity index (χ4v) is 4.66. The molecule has 0 unspecified atom stereocenters. The van der Waals surface area contributed by atoms with Gasteiger partial charge in [0.1, 0.15) is 12.4 Å². The van der Waals surface area contributed by atoms with Crippen LogP contribution in [0.25, 0.3) is 10.9 Å². The predicted octanol–water partition coefficient (Wildman–Crippen LogP) is 2.65. The Morgan fingerprint density at radius 1 is 1.02 bits per heavy atom. The first kappa shape index (κ1) is 29.5. The van der Waals surface area contributed by atoms with Crippen molar-refractivity contribution in [1.82, 2.24) is 34.4 Å². The van der Waals surface area contributed by atoms with Crippen LogP contribution in [0.1, 0.15) is 16.8 Å². The van der Waals surface area contributed by atoms with Gasteiger partial charge in [0.15, 0.2) is 0 Å². The van der Waals surface area contributed by atoms with Crippen LogP contribution in [-0.4, -0.2) is 80.2 Å². The summed E-state index contributed by atoms with van der Waals surface area (Å²) in [6, 6.07) is 7.40. The zero-order valence-corrected chi connectivity index (χ0v) is 23.5. The van der Waals surface area contributed by atoms with Gasteiger partial charge >= 0.3 is 6.18 Å². The van der Waals surface area contributed by atoms with E-state index in [1.165, 1.54) is 17.0 Å². The molecule has 226 valence electrons. The Hall–Kier alpha value is -4.95. The lowest BCUT2D eigenvalue weighted by molar-refractivity contribution is -0.138. The molecule has 43 heavy (non-hydrogen) atoms. The van der Waals surface area contributed by atoms with Crippen LogP contribution >= 0.6 is 0 Å². The maximum atomic E-state index is 13.1. The smallest absolute Gasteiger partial charge is 0.419 e. The van der Waals surface area contributed by atoms with Gasteiger partial charge in [0, 0.05) is 44.6 Å². The van der Waals surface area contributed by atoms with Crippen molar-refractivity contribution in [3.63, 3.8) is 0 Å². The van der Waals surface area contributed by atoms with E-state index in [1.807, 2.05) is 24.3 Å². The first-order valence-electron chi connectivity index (χ1n) is 13.4. The molecular formula is C28H29F3N8O4. The van der Waals surface area contributed by atoms with Crippen LogP contribution in [0.5, 0.6) is 5.75 Å². The molecule has 0 bridgehead atoms. The number of aromatic nitrogens is 6. The summed E-state index contributed by atoms with van der Waals surface area (Å²) in [5.41, 5.74) is 0.925. The molecule has 1 fully saturated rings. The van der Waals surface area contributed by atoms with E-state index in [0.29, 0.717) is 55.9 Å². The third kappa shape index (κ3) is 6.76. The summed E-state index contributed by atoms with van der Waals surface area (Å²) in [6.07, 6.45) is 1.24. The normalized spacial score (nSPS) is 14.1. The number of amides is 1. The third-order valence-corrected chi connectivity index (χ3v) is 6.99. The maximum Gasteiger partial charge on any atom is 0.419 e. The van der Waals surface area contributed by atoms with Gasteiger partial charge in [0.2, 0.25) is 11.9 Å². The third-order valence-electron chi connectivity index (χ3n) is 6.99. The highest BCUT2D eigenvalue weighted by Crippen LogP contribution is 2.28. The molecule has 1 saturated heterocycles. The van der Waals surface area contributed by atoms with Gasteiger partial charge in [-0.15, -0.1) is 0 Å². The topological polar surface area (TPSA) is 120 Å². The molecule has 0 saturated carbocycles. The molecule has 1 aliphatic rings. The largest absolute Gasteiger partial charge is 0.499 e. The van der Waals surface area contributed by atoms with Gasteiger partial charge in [0.05, 0.1) is 54.8 Å². The number of anilines is 1. The molecule has 12 nitrogen and oxygen atoms in total. The quantitative estimate of drug-likeness (QED) is 0.163. The molecule has 3 aromatic heterocycles. The number of methoxy groups -OCH3 is 1. The lowest BCUT2D eigenvalue weighted by Gasteiger charge is -2.34. The first-order chi connectivity index (χ1) is 20.6. The number of hydrogen-bond acceptors (Lipinski definition) is 9. The summed E-state index contributed by atoms with van der Waals surface area (Å²) in [6.45, 7) is 4.08. The minimum atomic E-state index is -4.50. The van der Waals surface area contributed by atoms with E-state index in [9.17, 15) is 22.8 Å². The number of nitrogens with zero attached hydrogens (tertiary/aromatic N) is 8. The molecule has 0 atom stereocenters. The van der Waals surface area contributed by atoms with Gasteiger partial charge in [-0.05, 0) is 24.6 Å². The summed E-state index contributed by atoms with van der Waals surface area (Å²) in [4.78, 5) is 36.6.